The predicted molar refractivity (Wildman–Crippen MR) is 60.9 cm³/mol. The number of sulfonamides is 1. The first-order valence-corrected chi connectivity index (χ1v) is 6.40. The Morgan fingerprint density at radius 3 is 2.33 bits per heavy atom. The molecule has 0 heterocycles. The SMILES string of the molecule is [CH]NCCc1ccc(NS(C)(=O)=O)cc1. The third-order valence-electron chi connectivity index (χ3n) is 1.82. The van der Waals surface area contributed by atoms with Gasteiger partial charge in [-0.25, -0.2) is 8.42 Å². The van der Waals surface area contributed by atoms with E-state index in [0.29, 0.717) is 12.2 Å². The molecule has 0 saturated heterocycles. The zero-order valence-corrected chi connectivity index (χ0v) is 9.34. The molecule has 2 N–H and O–H groups in total. The molecule has 4 nitrogen and oxygen atoms in total. The molecule has 2 radical (unpaired) electrons. The van der Waals surface area contributed by atoms with Crippen molar-refractivity contribution < 1.29 is 8.42 Å². The summed E-state index contributed by atoms with van der Waals surface area (Å²) in [6.07, 6.45) is 1.94. The van der Waals surface area contributed by atoms with E-state index in [1.165, 1.54) is 0 Å². The number of hydrogen-bond donors (Lipinski definition) is 2. The number of hydrogen-bond acceptors (Lipinski definition) is 3. The van der Waals surface area contributed by atoms with E-state index < -0.39 is 10.0 Å². The molecule has 0 amide bonds. The van der Waals surface area contributed by atoms with Crippen LogP contribution in [0.25, 0.3) is 0 Å². The molecule has 0 aromatic heterocycles. The Bertz CT molecular complexity index is 398. The van der Waals surface area contributed by atoms with Gasteiger partial charge in [-0.3, -0.25) is 4.72 Å². The average molecular weight is 226 g/mol. The van der Waals surface area contributed by atoms with Crippen LogP contribution in [0.2, 0.25) is 0 Å². The first-order chi connectivity index (χ1) is 7.01. The van der Waals surface area contributed by atoms with Gasteiger partial charge in [0.25, 0.3) is 0 Å². The lowest BCUT2D eigenvalue weighted by atomic mass is 10.1. The van der Waals surface area contributed by atoms with Gasteiger partial charge in [-0.05, 0) is 30.7 Å². The molecule has 5 heteroatoms. The van der Waals surface area contributed by atoms with Gasteiger partial charge in [0.05, 0.1) is 6.26 Å². The second-order valence-electron chi connectivity index (χ2n) is 3.28. The maximum atomic E-state index is 10.9. The van der Waals surface area contributed by atoms with Crippen LogP contribution in [0, 0.1) is 7.05 Å². The first kappa shape index (κ1) is 12.0. The van der Waals surface area contributed by atoms with Gasteiger partial charge in [0.1, 0.15) is 0 Å². The van der Waals surface area contributed by atoms with E-state index in [4.69, 9.17) is 7.05 Å². The molecule has 0 atom stereocenters. The van der Waals surface area contributed by atoms with Gasteiger partial charge in [0.15, 0.2) is 0 Å². The highest BCUT2D eigenvalue weighted by atomic mass is 32.2. The van der Waals surface area contributed by atoms with Gasteiger partial charge in [-0.2, -0.15) is 0 Å². The molecule has 0 aliphatic heterocycles. The summed E-state index contributed by atoms with van der Waals surface area (Å²) in [5, 5.41) is 2.56. The van der Waals surface area contributed by atoms with Crippen molar-refractivity contribution in [1.82, 2.24) is 5.32 Å². The number of rotatable bonds is 5. The first-order valence-electron chi connectivity index (χ1n) is 4.51. The summed E-state index contributed by atoms with van der Waals surface area (Å²) in [6, 6.07) is 7.19. The van der Waals surface area contributed by atoms with Crippen LogP contribution in [-0.4, -0.2) is 21.2 Å². The van der Waals surface area contributed by atoms with Crippen molar-refractivity contribution in [2.45, 2.75) is 6.42 Å². The Kier molecular flexibility index (Phi) is 4.11. The van der Waals surface area contributed by atoms with Crippen molar-refractivity contribution in [1.29, 1.82) is 0 Å². The number of nitrogens with one attached hydrogen (secondary N) is 2. The van der Waals surface area contributed by atoms with Crippen LogP contribution in [0.5, 0.6) is 0 Å². The van der Waals surface area contributed by atoms with E-state index in [1.807, 2.05) is 12.1 Å². The van der Waals surface area contributed by atoms with Gasteiger partial charge in [-0.15, -0.1) is 0 Å². The quantitative estimate of drug-likeness (QED) is 0.732. The molecule has 1 aromatic carbocycles. The van der Waals surface area contributed by atoms with Gasteiger partial charge in [0, 0.05) is 12.7 Å². The molecule has 82 valence electrons. The van der Waals surface area contributed by atoms with Gasteiger partial charge < -0.3 is 5.32 Å². The molecule has 0 bridgehead atoms. The summed E-state index contributed by atoms with van der Waals surface area (Å²) in [5.74, 6) is 0. The number of anilines is 1. The molecular weight excluding hydrogens is 212 g/mol. The lowest BCUT2D eigenvalue weighted by Gasteiger charge is -2.05. The molecule has 1 aromatic rings. The van der Waals surface area contributed by atoms with Crippen LogP contribution in [0.3, 0.4) is 0 Å². The Morgan fingerprint density at radius 2 is 1.87 bits per heavy atom. The van der Waals surface area contributed by atoms with Crippen molar-refractivity contribution in [3.8, 4) is 0 Å². The molecule has 0 aliphatic rings. The summed E-state index contributed by atoms with van der Waals surface area (Å²) >= 11 is 0. The summed E-state index contributed by atoms with van der Waals surface area (Å²) in [7, 11) is 1.96. The van der Waals surface area contributed by atoms with E-state index in [9.17, 15) is 8.42 Å². The fourth-order valence-corrected chi connectivity index (χ4v) is 1.73. The maximum absolute atomic E-state index is 10.9. The zero-order chi connectivity index (χ0) is 11.3. The monoisotopic (exact) mass is 226 g/mol. The van der Waals surface area contributed by atoms with Crippen LogP contribution in [0.4, 0.5) is 5.69 Å². The minimum atomic E-state index is -3.19. The van der Waals surface area contributed by atoms with Crippen molar-refractivity contribution in [3.05, 3.63) is 36.9 Å². The van der Waals surface area contributed by atoms with Crippen molar-refractivity contribution in [3.63, 3.8) is 0 Å². The highest BCUT2D eigenvalue weighted by Crippen LogP contribution is 2.10. The Balaban J connectivity index is 2.64. The Labute approximate surface area is 90.8 Å². The lowest BCUT2D eigenvalue weighted by molar-refractivity contribution is 0.607. The molecule has 0 fully saturated rings. The normalized spacial score (nSPS) is 11.3. The van der Waals surface area contributed by atoms with E-state index >= 15 is 0 Å². The summed E-state index contributed by atoms with van der Waals surface area (Å²) in [6.45, 7) is 0.693. The standard InChI is InChI=1S/C10H14N2O2S/c1-11-8-7-9-3-5-10(6-4-9)12-15(2,13)14/h1,3-6,11-12H,7-8H2,2H3. The minimum Gasteiger partial charge on any atom is -0.311 e. The molecule has 0 spiro atoms. The molecule has 1 rings (SSSR count). The zero-order valence-electron chi connectivity index (χ0n) is 8.53. The topological polar surface area (TPSA) is 58.2 Å². The molecule has 0 aliphatic carbocycles. The molecule has 0 saturated carbocycles. The Hall–Kier alpha value is -1.07. The van der Waals surface area contributed by atoms with Gasteiger partial charge in [-0.1, -0.05) is 12.1 Å². The van der Waals surface area contributed by atoms with Crippen molar-refractivity contribution >= 4 is 15.7 Å². The van der Waals surface area contributed by atoms with Crippen molar-refractivity contribution in [2.75, 3.05) is 17.5 Å². The third kappa shape index (κ3) is 4.80. The Morgan fingerprint density at radius 1 is 1.27 bits per heavy atom. The summed E-state index contributed by atoms with van der Waals surface area (Å²) in [5.41, 5.74) is 1.67. The van der Waals surface area contributed by atoms with E-state index in [0.717, 1.165) is 18.2 Å². The second kappa shape index (κ2) is 5.14. The van der Waals surface area contributed by atoms with E-state index in [2.05, 4.69) is 10.0 Å². The molecule has 15 heavy (non-hydrogen) atoms. The van der Waals surface area contributed by atoms with Crippen LogP contribution >= 0.6 is 0 Å². The van der Waals surface area contributed by atoms with Crippen LogP contribution in [-0.2, 0) is 16.4 Å². The van der Waals surface area contributed by atoms with Crippen LogP contribution < -0.4 is 10.0 Å². The molecular formula is C10H14N2O2S. The smallest absolute Gasteiger partial charge is 0.229 e. The van der Waals surface area contributed by atoms with E-state index in [1.54, 1.807) is 12.1 Å². The minimum absolute atomic E-state index is 0.571. The average Bonchev–Trinajstić information content (AvgIpc) is 2.14. The van der Waals surface area contributed by atoms with Crippen molar-refractivity contribution in [2.24, 2.45) is 0 Å². The van der Waals surface area contributed by atoms with E-state index in [-0.39, 0.29) is 0 Å². The molecule has 0 unspecified atom stereocenters. The van der Waals surface area contributed by atoms with Crippen LogP contribution in [0.15, 0.2) is 24.3 Å². The second-order valence-corrected chi connectivity index (χ2v) is 5.02. The van der Waals surface area contributed by atoms with Gasteiger partial charge in [0.2, 0.25) is 10.0 Å². The lowest BCUT2D eigenvalue weighted by Crippen LogP contribution is -2.10. The summed E-state index contributed by atoms with van der Waals surface area (Å²) < 4.78 is 24.2. The highest BCUT2D eigenvalue weighted by molar-refractivity contribution is 7.92. The fraction of sp³-hybridized carbons (Fsp3) is 0.300. The number of benzene rings is 1. The predicted octanol–water partition coefficient (Wildman–Crippen LogP) is 0.859. The maximum Gasteiger partial charge on any atom is 0.229 e. The fourth-order valence-electron chi connectivity index (χ4n) is 1.17. The third-order valence-corrected chi connectivity index (χ3v) is 2.42. The van der Waals surface area contributed by atoms with Gasteiger partial charge >= 0.3 is 0 Å². The summed E-state index contributed by atoms with van der Waals surface area (Å²) in [4.78, 5) is 0. The van der Waals surface area contributed by atoms with Crippen LogP contribution in [0.1, 0.15) is 5.56 Å². The largest absolute Gasteiger partial charge is 0.311 e. The highest BCUT2D eigenvalue weighted by Gasteiger charge is 2.00.